The normalized spacial score (nSPS) is 13.5. The highest BCUT2D eigenvalue weighted by Gasteiger charge is 2.18. The molecule has 58 valence electrons. The summed E-state index contributed by atoms with van der Waals surface area (Å²) in [6.45, 7) is 0.142. The number of hydrogen-bond acceptors (Lipinski definition) is 3. The van der Waals surface area contributed by atoms with E-state index < -0.39 is 0 Å². The molecule has 1 aromatic rings. The third-order valence-electron chi connectivity index (χ3n) is 1.42. The van der Waals surface area contributed by atoms with Gasteiger partial charge < -0.3 is 14.6 Å². The van der Waals surface area contributed by atoms with Gasteiger partial charge >= 0.3 is 0 Å². The minimum atomic E-state index is 0.0185. The quantitative estimate of drug-likeness (QED) is 0.648. The van der Waals surface area contributed by atoms with Gasteiger partial charge in [0.1, 0.15) is 0 Å². The smallest absolute Gasteiger partial charge is 0.231 e. The summed E-state index contributed by atoms with van der Waals surface area (Å²) in [4.78, 5) is 0. The molecule has 0 saturated heterocycles. The summed E-state index contributed by atoms with van der Waals surface area (Å²) in [6, 6.07) is 3.01. The number of fused-ring (bicyclic) bond motifs is 1. The molecule has 0 unspecified atom stereocenters. The SMILES string of the molecule is Oc1cc(Cl)cc2c1OCO2. The largest absolute Gasteiger partial charge is 0.504 e. The Morgan fingerprint density at radius 3 is 3.00 bits per heavy atom. The van der Waals surface area contributed by atoms with Crippen molar-refractivity contribution in [2.24, 2.45) is 0 Å². The van der Waals surface area contributed by atoms with Crippen LogP contribution in [0.1, 0.15) is 0 Å². The van der Waals surface area contributed by atoms with Crippen LogP contribution in [0.15, 0.2) is 12.1 Å². The Kier molecular flexibility index (Phi) is 1.32. The van der Waals surface area contributed by atoms with Gasteiger partial charge in [-0.15, -0.1) is 0 Å². The Balaban J connectivity index is 2.60. The minimum Gasteiger partial charge on any atom is -0.504 e. The molecule has 0 aromatic heterocycles. The Bertz CT molecular complexity index is 298. The molecule has 1 aliphatic rings. The van der Waals surface area contributed by atoms with Crippen LogP contribution in [0.3, 0.4) is 0 Å². The second-order valence-corrected chi connectivity index (χ2v) is 2.60. The molecule has 0 amide bonds. The van der Waals surface area contributed by atoms with E-state index in [2.05, 4.69) is 0 Å². The topological polar surface area (TPSA) is 38.7 Å². The summed E-state index contributed by atoms with van der Waals surface area (Å²) in [5, 5.41) is 9.66. The Morgan fingerprint density at radius 2 is 2.18 bits per heavy atom. The zero-order valence-electron chi connectivity index (χ0n) is 5.50. The Hall–Kier alpha value is -1.09. The average molecular weight is 173 g/mol. The van der Waals surface area contributed by atoms with Crippen LogP contribution in [-0.4, -0.2) is 11.9 Å². The van der Waals surface area contributed by atoms with Crippen molar-refractivity contribution < 1.29 is 14.6 Å². The fourth-order valence-corrected chi connectivity index (χ4v) is 1.16. The van der Waals surface area contributed by atoms with Crippen molar-refractivity contribution in [3.63, 3.8) is 0 Å². The van der Waals surface area contributed by atoms with Crippen LogP contribution in [0.2, 0.25) is 5.02 Å². The first-order valence-corrected chi connectivity index (χ1v) is 3.43. The number of ether oxygens (including phenoxy) is 2. The molecule has 0 fully saturated rings. The molecule has 0 saturated carbocycles. The van der Waals surface area contributed by atoms with E-state index in [-0.39, 0.29) is 12.5 Å². The van der Waals surface area contributed by atoms with Gasteiger partial charge in [0.05, 0.1) is 0 Å². The number of rotatable bonds is 0. The van der Waals surface area contributed by atoms with Crippen LogP contribution in [0.4, 0.5) is 0 Å². The van der Waals surface area contributed by atoms with Crippen LogP contribution in [0.25, 0.3) is 0 Å². The molecule has 0 spiro atoms. The molecule has 1 heterocycles. The standard InChI is InChI=1S/C7H5ClO3/c8-4-1-5(9)7-6(2-4)10-3-11-7/h1-2,9H,3H2. The molecule has 11 heavy (non-hydrogen) atoms. The third kappa shape index (κ3) is 0.973. The van der Waals surface area contributed by atoms with Gasteiger partial charge in [0.25, 0.3) is 0 Å². The number of benzene rings is 1. The van der Waals surface area contributed by atoms with Gasteiger partial charge in [-0.25, -0.2) is 0 Å². The van der Waals surface area contributed by atoms with E-state index in [0.717, 1.165) is 0 Å². The second-order valence-electron chi connectivity index (χ2n) is 2.16. The maximum Gasteiger partial charge on any atom is 0.231 e. The van der Waals surface area contributed by atoms with Gasteiger partial charge in [0.15, 0.2) is 11.5 Å². The summed E-state index contributed by atoms with van der Waals surface area (Å²) in [7, 11) is 0. The third-order valence-corrected chi connectivity index (χ3v) is 1.64. The fraction of sp³-hybridized carbons (Fsp3) is 0.143. The minimum absolute atomic E-state index is 0.0185. The molecule has 1 N–H and O–H groups in total. The molecule has 1 aliphatic heterocycles. The van der Waals surface area contributed by atoms with E-state index in [0.29, 0.717) is 16.5 Å². The Labute approximate surface area is 68.1 Å². The van der Waals surface area contributed by atoms with Gasteiger partial charge in [-0.2, -0.15) is 0 Å². The van der Waals surface area contributed by atoms with Gasteiger partial charge in [-0.3, -0.25) is 0 Å². The number of phenols is 1. The number of hydrogen-bond donors (Lipinski definition) is 1. The molecule has 0 atom stereocenters. The lowest BCUT2D eigenvalue weighted by molar-refractivity contribution is 0.171. The number of halogens is 1. The molecular formula is C7H5ClO3. The van der Waals surface area contributed by atoms with Gasteiger partial charge in [-0.05, 0) is 0 Å². The van der Waals surface area contributed by atoms with E-state index in [1.807, 2.05) is 0 Å². The fourth-order valence-electron chi connectivity index (χ4n) is 0.959. The highest BCUT2D eigenvalue weighted by molar-refractivity contribution is 6.31. The van der Waals surface area contributed by atoms with Gasteiger partial charge in [-0.1, -0.05) is 11.6 Å². The average Bonchev–Trinajstić information content (AvgIpc) is 2.34. The molecule has 0 aliphatic carbocycles. The van der Waals surface area contributed by atoms with Crippen molar-refractivity contribution in [3.8, 4) is 17.2 Å². The van der Waals surface area contributed by atoms with E-state index in [4.69, 9.17) is 21.1 Å². The zero-order valence-corrected chi connectivity index (χ0v) is 6.26. The number of phenolic OH excluding ortho intramolecular Hbond substituents is 1. The molecule has 2 rings (SSSR count). The summed E-state index contributed by atoms with van der Waals surface area (Å²) in [6.07, 6.45) is 0. The van der Waals surface area contributed by atoms with Gasteiger partial charge in [0, 0.05) is 17.2 Å². The number of aromatic hydroxyl groups is 1. The van der Waals surface area contributed by atoms with Crippen LogP contribution in [0.5, 0.6) is 17.2 Å². The predicted molar refractivity (Wildman–Crippen MR) is 39.2 cm³/mol. The Morgan fingerprint density at radius 1 is 1.36 bits per heavy atom. The van der Waals surface area contributed by atoms with Crippen molar-refractivity contribution in [1.29, 1.82) is 0 Å². The molecule has 4 heteroatoms. The van der Waals surface area contributed by atoms with Crippen LogP contribution in [-0.2, 0) is 0 Å². The van der Waals surface area contributed by atoms with Crippen molar-refractivity contribution in [2.75, 3.05) is 6.79 Å². The van der Waals surface area contributed by atoms with Crippen molar-refractivity contribution in [1.82, 2.24) is 0 Å². The highest BCUT2D eigenvalue weighted by Crippen LogP contribution is 2.42. The second kappa shape index (κ2) is 2.20. The highest BCUT2D eigenvalue weighted by atomic mass is 35.5. The molecule has 1 aromatic carbocycles. The summed E-state index contributed by atoms with van der Waals surface area (Å²) >= 11 is 5.63. The van der Waals surface area contributed by atoms with E-state index >= 15 is 0 Å². The maximum atomic E-state index is 9.22. The van der Waals surface area contributed by atoms with Crippen LogP contribution in [0, 0.1) is 0 Å². The van der Waals surface area contributed by atoms with E-state index in [1.165, 1.54) is 6.07 Å². The summed E-state index contributed by atoms with van der Waals surface area (Å²) in [5.74, 6) is 0.884. The molecule has 3 nitrogen and oxygen atoms in total. The first kappa shape index (κ1) is 6.61. The lowest BCUT2D eigenvalue weighted by atomic mass is 10.3. The van der Waals surface area contributed by atoms with Crippen molar-refractivity contribution in [3.05, 3.63) is 17.2 Å². The molecule has 0 radical (unpaired) electrons. The van der Waals surface area contributed by atoms with Crippen molar-refractivity contribution in [2.45, 2.75) is 0 Å². The first-order valence-electron chi connectivity index (χ1n) is 3.05. The van der Waals surface area contributed by atoms with E-state index in [9.17, 15) is 5.11 Å². The summed E-state index contributed by atoms with van der Waals surface area (Å²) in [5.41, 5.74) is 0. The van der Waals surface area contributed by atoms with Crippen LogP contribution >= 0.6 is 11.6 Å². The monoisotopic (exact) mass is 172 g/mol. The van der Waals surface area contributed by atoms with Crippen LogP contribution < -0.4 is 9.47 Å². The summed E-state index contributed by atoms with van der Waals surface area (Å²) < 4.78 is 9.95. The van der Waals surface area contributed by atoms with E-state index in [1.54, 1.807) is 6.07 Å². The van der Waals surface area contributed by atoms with Crippen molar-refractivity contribution >= 4 is 11.6 Å². The zero-order chi connectivity index (χ0) is 7.84. The maximum absolute atomic E-state index is 9.22. The first-order chi connectivity index (χ1) is 5.27. The lowest BCUT2D eigenvalue weighted by Crippen LogP contribution is -1.93. The van der Waals surface area contributed by atoms with Gasteiger partial charge in [0.2, 0.25) is 12.5 Å². The molecular weight excluding hydrogens is 168 g/mol. The molecule has 0 bridgehead atoms. The predicted octanol–water partition coefficient (Wildman–Crippen LogP) is 1.77. The lowest BCUT2D eigenvalue weighted by Gasteiger charge is -1.98.